The number of morpholine rings is 1. The van der Waals surface area contributed by atoms with Crippen molar-refractivity contribution in [1.29, 1.82) is 0 Å². The van der Waals surface area contributed by atoms with Crippen LogP contribution < -0.4 is 11.1 Å². The topological polar surface area (TPSA) is 80.7 Å². The van der Waals surface area contributed by atoms with Crippen molar-refractivity contribution in [3.63, 3.8) is 0 Å². The van der Waals surface area contributed by atoms with Gasteiger partial charge in [0.25, 0.3) is 0 Å². The summed E-state index contributed by atoms with van der Waals surface area (Å²) in [6.07, 6.45) is 4.84. The van der Waals surface area contributed by atoms with Gasteiger partial charge in [-0.25, -0.2) is 9.67 Å². The number of guanidine groups is 1. The minimum Gasteiger partial charge on any atom is -0.379 e. The van der Waals surface area contributed by atoms with Crippen LogP contribution in [0.15, 0.2) is 47.7 Å². The van der Waals surface area contributed by atoms with E-state index < -0.39 is 0 Å². The van der Waals surface area contributed by atoms with E-state index in [9.17, 15) is 0 Å². The largest absolute Gasteiger partial charge is 0.379 e. The number of hydrogen-bond donors (Lipinski definition) is 2. The lowest BCUT2D eigenvalue weighted by Crippen LogP contribution is -2.39. The fourth-order valence-corrected chi connectivity index (χ4v) is 2.74. The number of para-hydroxylation sites is 1. The van der Waals surface area contributed by atoms with E-state index in [2.05, 4.69) is 20.3 Å². The van der Waals surface area contributed by atoms with Crippen LogP contribution in [0.3, 0.4) is 0 Å². The summed E-state index contributed by atoms with van der Waals surface area (Å²) in [7, 11) is 0. The Bertz CT molecular complexity index is 663. The van der Waals surface area contributed by atoms with Crippen molar-refractivity contribution >= 4 is 5.96 Å². The zero-order chi connectivity index (χ0) is 17.3. The first-order valence-corrected chi connectivity index (χ1v) is 8.74. The van der Waals surface area contributed by atoms with Gasteiger partial charge in [0.15, 0.2) is 5.96 Å². The van der Waals surface area contributed by atoms with E-state index in [1.807, 2.05) is 47.4 Å². The molecule has 1 aliphatic heterocycles. The Morgan fingerprint density at radius 2 is 2.04 bits per heavy atom. The molecule has 3 N–H and O–H groups in total. The maximum atomic E-state index is 5.94. The van der Waals surface area contributed by atoms with E-state index in [0.29, 0.717) is 12.5 Å². The molecule has 1 fully saturated rings. The normalized spacial score (nSPS) is 16.1. The van der Waals surface area contributed by atoms with Crippen molar-refractivity contribution in [2.75, 3.05) is 39.4 Å². The fraction of sp³-hybridized carbons (Fsp3) is 0.444. The van der Waals surface area contributed by atoms with Gasteiger partial charge in [0.2, 0.25) is 0 Å². The molecule has 0 amide bonds. The Balaban J connectivity index is 1.38. The molecule has 3 rings (SSSR count). The standard InChI is InChI=1S/C18H26N6O/c19-18(20-7-4-8-23-9-11-25-12-10-23)21-13-16-14-22-24(15-16)17-5-2-1-3-6-17/h1-3,5-6,14-15H,4,7-13H2,(H3,19,20,21). The summed E-state index contributed by atoms with van der Waals surface area (Å²) < 4.78 is 7.19. The van der Waals surface area contributed by atoms with Crippen molar-refractivity contribution in [3.05, 3.63) is 48.3 Å². The molecule has 25 heavy (non-hydrogen) atoms. The van der Waals surface area contributed by atoms with E-state index in [1.165, 1.54) is 0 Å². The smallest absolute Gasteiger partial charge is 0.188 e. The lowest BCUT2D eigenvalue weighted by molar-refractivity contribution is 0.0376. The van der Waals surface area contributed by atoms with Crippen LogP contribution in [0.5, 0.6) is 0 Å². The van der Waals surface area contributed by atoms with Gasteiger partial charge >= 0.3 is 0 Å². The Morgan fingerprint density at radius 3 is 2.84 bits per heavy atom. The van der Waals surface area contributed by atoms with Crippen LogP contribution in [-0.2, 0) is 11.3 Å². The second-order valence-corrected chi connectivity index (χ2v) is 6.06. The summed E-state index contributed by atoms with van der Waals surface area (Å²) in [6, 6.07) is 10.0. The van der Waals surface area contributed by atoms with Gasteiger partial charge in [-0.05, 0) is 25.1 Å². The van der Waals surface area contributed by atoms with Gasteiger partial charge < -0.3 is 15.8 Å². The molecule has 0 unspecified atom stereocenters. The first-order chi connectivity index (χ1) is 12.3. The van der Waals surface area contributed by atoms with Gasteiger partial charge in [-0.3, -0.25) is 4.90 Å². The highest BCUT2D eigenvalue weighted by Gasteiger charge is 2.09. The summed E-state index contributed by atoms with van der Waals surface area (Å²) in [5, 5.41) is 7.54. The number of nitrogens with two attached hydrogens (primary N) is 1. The van der Waals surface area contributed by atoms with Crippen molar-refractivity contribution < 1.29 is 4.74 Å². The molecular formula is C18H26N6O. The molecule has 0 saturated carbocycles. The molecule has 0 radical (unpaired) electrons. The average Bonchev–Trinajstić information content (AvgIpc) is 3.14. The zero-order valence-electron chi connectivity index (χ0n) is 14.5. The molecule has 0 aliphatic carbocycles. The van der Waals surface area contributed by atoms with Gasteiger partial charge in [0.1, 0.15) is 0 Å². The predicted octanol–water partition coefficient (Wildman–Crippen LogP) is 0.999. The first-order valence-electron chi connectivity index (χ1n) is 8.74. The maximum absolute atomic E-state index is 5.94. The number of ether oxygens (including phenoxy) is 1. The van der Waals surface area contributed by atoms with E-state index in [-0.39, 0.29) is 0 Å². The van der Waals surface area contributed by atoms with E-state index >= 15 is 0 Å². The van der Waals surface area contributed by atoms with Crippen molar-refractivity contribution in [1.82, 2.24) is 20.0 Å². The zero-order valence-corrected chi connectivity index (χ0v) is 14.5. The molecule has 7 heteroatoms. The van der Waals surface area contributed by atoms with E-state index in [4.69, 9.17) is 10.5 Å². The molecule has 1 aromatic heterocycles. The third-order valence-electron chi connectivity index (χ3n) is 4.15. The van der Waals surface area contributed by atoms with E-state index in [0.717, 1.165) is 57.1 Å². The van der Waals surface area contributed by atoms with Crippen molar-refractivity contribution in [2.45, 2.75) is 13.0 Å². The highest BCUT2D eigenvalue weighted by molar-refractivity contribution is 5.77. The monoisotopic (exact) mass is 342 g/mol. The second-order valence-electron chi connectivity index (χ2n) is 6.06. The lowest BCUT2D eigenvalue weighted by atomic mass is 10.3. The minimum absolute atomic E-state index is 0.481. The molecule has 0 spiro atoms. The highest BCUT2D eigenvalue weighted by Crippen LogP contribution is 2.08. The molecular weight excluding hydrogens is 316 g/mol. The van der Waals surface area contributed by atoms with Crippen LogP contribution in [0, 0.1) is 0 Å². The Labute approximate surface area is 148 Å². The third-order valence-corrected chi connectivity index (χ3v) is 4.15. The second kappa shape index (κ2) is 9.19. The van der Waals surface area contributed by atoms with Crippen molar-refractivity contribution in [2.24, 2.45) is 10.7 Å². The number of aromatic nitrogens is 2. The van der Waals surface area contributed by atoms with Crippen LogP contribution in [0.4, 0.5) is 0 Å². The number of aliphatic imine (C=N–C) groups is 1. The Hall–Kier alpha value is -2.38. The summed E-state index contributed by atoms with van der Waals surface area (Å²) in [4.78, 5) is 6.80. The van der Waals surface area contributed by atoms with Crippen molar-refractivity contribution in [3.8, 4) is 5.69 Å². The summed E-state index contributed by atoms with van der Waals surface area (Å²) in [5.74, 6) is 0.481. The molecule has 0 atom stereocenters. The number of hydrogen-bond acceptors (Lipinski definition) is 4. The van der Waals surface area contributed by atoms with Crippen LogP contribution in [0.2, 0.25) is 0 Å². The third kappa shape index (κ3) is 5.58. The van der Waals surface area contributed by atoms with Gasteiger partial charge in [0.05, 0.1) is 31.6 Å². The minimum atomic E-state index is 0.481. The quantitative estimate of drug-likeness (QED) is 0.446. The summed E-state index contributed by atoms with van der Waals surface area (Å²) in [6.45, 7) is 6.14. The summed E-state index contributed by atoms with van der Waals surface area (Å²) >= 11 is 0. The fourth-order valence-electron chi connectivity index (χ4n) is 2.74. The highest BCUT2D eigenvalue weighted by atomic mass is 16.5. The Kier molecular flexibility index (Phi) is 6.42. The van der Waals surface area contributed by atoms with Crippen LogP contribution in [0.25, 0.3) is 5.69 Å². The maximum Gasteiger partial charge on any atom is 0.188 e. The molecule has 0 bridgehead atoms. The molecule has 1 aliphatic rings. The first kappa shape index (κ1) is 17.4. The van der Waals surface area contributed by atoms with E-state index in [1.54, 1.807) is 0 Å². The average molecular weight is 342 g/mol. The number of benzene rings is 1. The summed E-state index contributed by atoms with van der Waals surface area (Å²) in [5.41, 5.74) is 8.00. The molecule has 2 heterocycles. The Morgan fingerprint density at radius 1 is 1.24 bits per heavy atom. The molecule has 1 aromatic carbocycles. The molecule has 7 nitrogen and oxygen atoms in total. The van der Waals surface area contributed by atoms with Gasteiger partial charge in [0, 0.05) is 31.4 Å². The van der Waals surface area contributed by atoms with Gasteiger partial charge in [-0.15, -0.1) is 0 Å². The van der Waals surface area contributed by atoms with Crippen LogP contribution in [-0.4, -0.2) is 60.0 Å². The van der Waals surface area contributed by atoms with Crippen LogP contribution >= 0.6 is 0 Å². The predicted molar refractivity (Wildman–Crippen MR) is 98.8 cm³/mol. The number of nitrogens with zero attached hydrogens (tertiary/aromatic N) is 4. The lowest BCUT2D eigenvalue weighted by Gasteiger charge is -2.26. The number of nitrogens with one attached hydrogen (secondary N) is 1. The molecule has 2 aromatic rings. The van der Waals surface area contributed by atoms with Gasteiger partial charge in [-0.2, -0.15) is 5.10 Å². The van der Waals surface area contributed by atoms with Crippen LogP contribution in [0.1, 0.15) is 12.0 Å². The van der Waals surface area contributed by atoms with Gasteiger partial charge in [-0.1, -0.05) is 18.2 Å². The molecule has 1 saturated heterocycles. The molecule has 134 valence electrons. The SMILES string of the molecule is NC(=NCc1cnn(-c2ccccc2)c1)NCCCN1CCOCC1. The number of rotatable bonds is 7.